The van der Waals surface area contributed by atoms with E-state index in [0.29, 0.717) is 30.3 Å². The van der Waals surface area contributed by atoms with E-state index in [4.69, 9.17) is 9.47 Å². The van der Waals surface area contributed by atoms with Gasteiger partial charge in [0.1, 0.15) is 19.5 Å². The van der Waals surface area contributed by atoms with Gasteiger partial charge in [0, 0.05) is 11.1 Å². The second-order valence-corrected chi connectivity index (χ2v) is 4.57. The van der Waals surface area contributed by atoms with Crippen molar-refractivity contribution in [2.45, 2.75) is 6.61 Å². The number of fused-ring (bicyclic) bond motifs is 1. The lowest BCUT2D eigenvalue weighted by atomic mass is 10.1. The maximum atomic E-state index is 10.8. The molecule has 0 N–H and O–H groups in total. The molecule has 0 aromatic heterocycles. The minimum absolute atomic E-state index is 0.294. The van der Waals surface area contributed by atoms with Crippen molar-refractivity contribution in [2.24, 2.45) is 0 Å². The lowest BCUT2D eigenvalue weighted by molar-refractivity contribution is -0.105. The number of benzene rings is 2. The summed E-state index contributed by atoms with van der Waals surface area (Å²) in [7, 11) is 0. The van der Waals surface area contributed by atoms with Crippen molar-refractivity contribution >= 4 is 12.4 Å². The van der Waals surface area contributed by atoms with E-state index in [-0.39, 0.29) is 0 Å². The molecule has 3 heteroatoms. The fraction of sp³-hybridized carbons (Fsp3) is 0.118. The molecule has 100 valence electrons. The van der Waals surface area contributed by atoms with Crippen LogP contribution in [0.15, 0.2) is 54.1 Å². The van der Waals surface area contributed by atoms with Crippen molar-refractivity contribution in [1.82, 2.24) is 0 Å². The number of hydrogen-bond donors (Lipinski definition) is 0. The Morgan fingerprint density at radius 1 is 1.10 bits per heavy atom. The van der Waals surface area contributed by atoms with Gasteiger partial charge in [0.15, 0.2) is 11.5 Å². The van der Waals surface area contributed by atoms with Crippen LogP contribution in [-0.2, 0) is 11.4 Å². The van der Waals surface area contributed by atoms with Gasteiger partial charge in [-0.3, -0.25) is 4.79 Å². The van der Waals surface area contributed by atoms with Gasteiger partial charge in [-0.05, 0) is 17.7 Å². The lowest BCUT2D eigenvalue weighted by Gasteiger charge is -2.18. The molecule has 3 nitrogen and oxygen atoms in total. The van der Waals surface area contributed by atoms with Gasteiger partial charge in [0.25, 0.3) is 0 Å². The van der Waals surface area contributed by atoms with E-state index in [0.717, 1.165) is 17.4 Å². The highest BCUT2D eigenvalue weighted by atomic mass is 16.5. The third-order valence-corrected chi connectivity index (χ3v) is 3.12. The minimum Gasteiger partial charge on any atom is -0.485 e. The van der Waals surface area contributed by atoms with Crippen molar-refractivity contribution < 1.29 is 14.3 Å². The van der Waals surface area contributed by atoms with Crippen LogP contribution >= 0.6 is 0 Å². The van der Waals surface area contributed by atoms with Gasteiger partial charge in [-0.1, -0.05) is 42.5 Å². The standard InChI is InChI=1S/C17H14O3/c18-10-14-9-15-7-4-8-16(17(15)20-12-14)19-11-13-5-2-1-3-6-13/h1-10H,11-12H2. The van der Waals surface area contributed by atoms with E-state index < -0.39 is 0 Å². The normalized spacial score (nSPS) is 12.9. The summed E-state index contributed by atoms with van der Waals surface area (Å²) >= 11 is 0. The van der Waals surface area contributed by atoms with Gasteiger partial charge in [-0.2, -0.15) is 0 Å². The van der Waals surface area contributed by atoms with Crippen LogP contribution in [0, 0.1) is 0 Å². The first-order valence-electron chi connectivity index (χ1n) is 6.45. The van der Waals surface area contributed by atoms with Crippen LogP contribution in [0.4, 0.5) is 0 Å². The zero-order valence-electron chi connectivity index (χ0n) is 10.9. The molecular formula is C17H14O3. The lowest BCUT2D eigenvalue weighted by Crippen LogP contribution is -2.09. The Morgan fingerprint density at radius 2 is 1.95 bits per heavy atom. The third-order valence-electron chi connectivity index (χ3n) is 3.12. The second kappa shape index (κ2) is 5.61. The van der Waals surface area contributed by atoms with Crippen LogP contribution in [0.25, 0.3) is 6.08 Å². The summed E-state index contributed by atoms with van der Waals surface area (Å²) in [4.78, 5) is 10.8. The van der Waals surface area contributed by atoms with E-state index in [1.54, 1.807) is 0 Å². The van der Waals surface area contributed by atoms with Gasteiger partial charge in [0.05, 0.1) is 0 Å². The van der Waals surface area contributed by atoms with Gasteiger partial charge >= 0.3 is 0 Å². The molecule has 0 amide bonds. The number of carbonyl (C=O) groups excluding carboxylic acids is 1. The number of hydrogen-bond acceptors (Lipinski definition) is 3. The zero-order chi connectivity index (χ0) is 13.8. The number of aldehydes is 1. The molecule has 0 saturated heterocycles. The summed E-state index contributed by atoms with van der Waals surface area (Å²) in [6.45, 7) is 0.785. The zero-order valence-corrected chi connectivity index (χ0v) is 10.9. The van der Waals surface area contributed by atoms with Crippen LogP contribution < -0.4 is 9.47 Å². The van der Waals surface area contributed by atoms with Crippen LogP contribution in [0.1, 0.15) is 11.1 Å². The van der Waals surface area contributed by atoms with Crippen molar-refractivity contribution in [3.05, 3.63) is 65.2 Å². The molecule has 2 aromatic carbocycles. The molecule has 20 heavy (non-hydrogen) atoms. The average Bonchev–Trinajstić information content (AvgIpc) is 2.53. The molecular weight excluding hydrogens is 252 g/mol. The first kappa shape index (κ1) is 12.5. The van der Waals surface area contributed by atoms with E-state index in [2.05, 4.69) is 0 Å². The third kappa shape index (κ3) is 2.57. The number of ether oxygens (including phenoxy) is 2. The first-order valence-corrected chi connectivity index (χ1v) is 6.45. The van der Waals surface area contributed by atoms with Gasteiger partial charge in [-0.25, -0.2) is 0 Å². The van der Waals surface area contributed by atoms with Gasteiger partial charge in [-0.15, -0.1) is 0 Å². The monoisotopic (exact) mass is 266 g/mol. The quantitative estimate of drug-likeness (QED) is 0.797. The summed E-state index contributed by atoms with van der Waals surface area (Å²) in [6.07, 6.45) is 2.65. The predicted molar refractivity (Wildman–Crippen MR) is 76.8 cm³/mol. The Bertz CT molecular complexity index is 645. The van der Waals surface area contributed by atoms with E-state index in [1.165, 1.54) is 0 Å². The largest absolute Gasteiger partial charge is 0.485 e. The summed E-state index contributed by atoms with van der Waals surface area (Å²) in [6, 6.07) is 15.6. The van der Waals surface area contributed by atoms with Crippen LogP contribution in [0.3, 0.4) is 0 Å². The SMILES string of the molecule is O=CC1=Cc2cccc(OCc3ccccc3)c2OC1. The first-order chi connectivity index (χ1) is 9.86. The predicted octanol–water partition coefficient (Wildman–Crippen LogP) is 3.24. The maximum absolute atomic E-state index is 10.8. The Hall–Kier alpha value is -2.55. The van der Waals surface area contributed by atoms with E-state index in [9.17, 15) is 4.79 Å². The molecule has 1 heterocycles. The fourth-order valence-electron chi connectivity index (χ4n) is 2.11. The molecule has 1 aliphatic rings. The highest BCUT2D eigenvalue weighted by molar-refractivity contribution is 5.84. The summed E-state index contributed by atoms with van der Waals surface area (Å²) < 4.78 is 11.4. The number of para-hydroxylation sites is 1. The van der Waals surface area contributed by atoms with E-state index in [1.807, 2.05) is 54.6 Å². The number of carbonyl (C=O) groups is 1. The van der Waals surface area contributed by atoms with Crippen molar-refractivity contribution in [3.8, 4) is 11.5 Å². The Kier molecular flexibility index (Phi) is 3.50. The molecule has 0 saturated carbocycles. The minimum atomic E-state index is 0.294. The maximum Gasteiger partial charge on any atom is 0.168 e. The molecule has 0 bridgehead atoms. The molecule has 0 atom stereocenters. The van der Waals surface area contributed by atoms with Crippen LogP contribution in [-0.4, -0.2) is 12.9 Å². The Balaban J connectivity index is 1.82. The highest BCUT2D eigenvalue weighted by Gasteiger charge is 2.15. The van der Waals surface area contributed by atoms with E-state index >= 15 is 0 Å². The van der Waals surface area contributed by atoms with Crippen LogP contribution in [0.5, 0.6) is 11.5 Å². The molecule has 0 aliphatic carbocycles. The van der Waals surface area contributed by atoms with Gasteiger partial charge < -0.3 is 9.47 Å². The fourth-order valence-corrected chi connectivity index (χ4v) is 2.11. The average molecular weight is 266 g/mol. The topological polar surface area (TPSA) is 35.5 Å². The van der Waals surface area contributed by atoms with Gasteiger partial charge in [0.2, 0.25) is 0 Å². The smallest absolute Gasteiger partial charge is 0.168 e. The Morgan fingerprint density at radius 3 is 2.75 bits per heavy atom. The van der Waals surface area contributed by atoms with Crippen molar-refractivity contribution in [2.75, 3.05) is 6.61 Å². The van der Waals surface area contributed by atoms with Crippen molar-refractivity contribution in [1.29, 1.82) is 0 Å². The summed E-state index contributed by atoms with van der Waals surface area (Å²) in [5.41, 5.74) is 2.62. The highest BCUT2D eigenvalue weighted by Crippen LogP contribution is 2.35. The molecule has 2 aromatic rings. The summed E-state index contributed by atoms with van der Waals surface area (Å²) in [5.74, 6) is 1.40. The van der Waals surface area contributed by atoms with Crippen molar-refractivity contribution in [3.63, 3.8) is 0 Å². The molecule has 0 fully saturated rings. The second-order valence-electron chi connectivity index (χ2n) is 4.57. The molecule has 3 rings (SSSR count). The molecule has 1 aliphatic heterocycles. The Labute approximate surface area is 117 Å². The summed E-state index contributed by atoms with van der Waals surface area (Å²) in [5, 5.41) is 0. The van der Waals surface area contributed by atoms with Crippen LogP contribution in [0.2, 0.25) is 0 Å². The number of rotatable bonds is 4. The molecule has 0 radical (unpaired) electrons. The molecule has 0 spiro atoms. The molecule has 0 unspecified atom stereocenters.